The minimum Gasteiger partial charge on any atom is -0.490 e. The van der Waals surface area contributed by atoms with Crippen LogP contribution in [0.4, 0.5) is 0 Å². The van der Waals surface area contributed by atoms with Crippen LogP contribution in [0.3, 0.4) is 0 Å². The van der Waals surface area contributed by atoms with Gasteiger partial charge in [0.2, 0.25) is 0 Å². The second-order valence-electron chi connectivity index (χ2n) is 5.18. The number of rotatable bonds is 4. The van der Waals surface area contributed by atoms with Crippen LogP contribution in [-0.2, 0) is 0 Å². The number of hydrogen-bond donors (Lipinski definition) is 1. The van der Waals surface area contributed by atoms with Crippen molar-refractivity contribution < 1.29 is 9.53 Å². The van der Waals surface area contributed by atoms with Crippen molar-refractivity contribution in [1.82, 2.24) is 5.32 Å². The van der Waals surface area contributed by atoms with E-state index in [2.05, 4.69) is 5.32 Å². The average Bonchev–Trinajstić information content (AvgIpc) is 2.83. The molecule has 1 N–H and O–H groups in total. The molecule has 0 aromatic heterocycles. The van der Waals surface area contributed by atoms with Crippen molar-refractivity contribution >= 4 is 5.78 Å². The van der Waals surface area contributed by atoms with Crippen LogP contribution < -0.4 is 10.1 Å². The van der Waals surface area contributed by atoms with Gasteiger partial charge in [-0.1, -0.05) is 11.6 Å². The highest BCUT2D eigenvalue weighted by Gasteiger charge is 2.25. The average molecular weight is 247 g/mol. The summed E-state index contributed by atoms with van der Waals surface area (Å²) >= 11 is 0. The third-order valence-corrected chi connectivity index (χ3v) is 3.14. The van der Waals surface area contributed by atoms with Gasteiger partial charge in [-0.15, -0.1) is 0 Å². The first-order valence-electron chi connectivity index (χ1n) is 6.63. The van der Waals surface area contributed by atoms with E-state index in [1.807, 2.05) is 39.0 Å². The second-order valence-corrected chi connectivity index (χ2v) is 5.18. The van der Waals surface area contributed by atoms with Gasteiger partial charge in [0, 0.05) is 0 Å². The monoisotopic (exact) mass is 247 g/mol. The summed E-state index contributed by atoms with van der Waals surface area (Å²) in [4.78, 5) is 12.5. The largest absolute Gasteiger partial charge is 0.490 e. The minimum absolute atomic E-state index is 0.0405. The van der Waals surface area contributed by atoms with Crippen molar-refractivity contribution in [3.8, 4) is 5.75 Å². The molecule has 1 aliphatic heterocycles. The molecule has 0 saturated carbocycles. The molecule has 0 amide bonds. The van der Waals surface area contributed by atoms with Gasteiger partial charge >= 0.3 is 0 Å². The molecule has 1 atom stereocenters. The predicted octanol–water partition coefficient (Wildman–Crippen LogP) is 2.72. The summed E-state index contributed by atoms with van der Waals surface area (Å²) < 4.78 is 5.73. The molecule has 1 unspecified atom stereocenters. The molecule has 1 fully saturated rings. The summed E-state index contributed by atoms with van der Waals surface area (Å²) in [5.41, 5.74) is 1.80. The summed E-state index contributed by atoms with van der Waals surface area (Å²) in [6.45, 7) is 6.88. The fourth-order valence-electron chi connectivity index (χ4n) is 2.29. The molecule has 1 saturated heterocycles. The maximum absolute atomic E-state index is 12.5. The van der Waals surface area contributed by atoms with Crippen molar-refractivity contribution in [3.63, 3.8) is 0 Å². The van der Waals surface area contributed by atoms with Crippen LogP contribution in [0.1, 0.15) is 42.6 Å². The molecule has 0 radical (unpaired) electrons. The SMILES string of the molecule is Cc1ccc(OC(C)C)c(C(=O)C2CCCN2)c1. The normalized spacial score (nSPS) is 19.2. The van der Waals surface area contributed by atoms with Crippen LogP contribution in [0.5, 0.6) is 5.75 Å². The summed E-state index contributed by atoms with van der Waals surface area (Å²) in [5.74, 6) is 0.862. The number of carbonyl (C=O) groups is 1. The number of hydrogen-bond acceptors (Lipinski definition) is 3. The lowest BCUT2D eigenvalue weighted by molar-refractivity contribution is 0.0946. The number of benzene rings is 1. The molecule has 3 heteroatoms. The van der Waals surface area contributed by atoms with Gasteiger partial charge in [-0.3, -0.25) is 4.79 Å². The lowest BCUT2D eigenvalue weighted by Gasteiger charge is -2.16. The number of nitrogens with one attached hydrogen (secondary N) is 1. The van der Waals surface area contributed by atoms with E-state index in [9.17, 15) is 4.79 Å². The molecule has 1 aromatic carbocycles. The topological polar surface area (TPSA) is 38.3 Å². The lowest BCUT2D eigenvalue weighted by atomic mass is 10.00. The standard InChI is InChI=1S/C15H21NO2/c1-10(2)18-14-7-6-11(3)9-12(14)15(17)13-5-4-8-16-13/h6-7,9-10,13,16H,4-5,8H2,1-3H3. The fraction of sp³-hybridized carbons (Fsp3) is 0.533. The van der Waals surface area contributed by atoms with Crippen molar-refractivity contribution in [2.45, 2.75) is 45.8 Å². The number of ether oxygens (including phenoxy) is 1. The number of ketones is 1. The quantitative estimate of drug-likeness (QED) is 0.831. The minimum atomic E-state index is -0.0405. The summed E-state index contributed by atoms with van der Waals surface area (Å²) in [6, 6.07) is 5.77. The van der Waals surface area contributed by atoms with Crippen molar-refractivity contribution in [2.75, 3.05) is 6.54 Å². The summed E-state index contributed by atoms with van der Waals surface area (Å²) in [7, 11) is 0. The molecule has 18 heavy (non-hydrogen) atoms. The molecule has 1 aromatic rings. The van der Waals surface area contributed by atoms with Gasteiger partial charge in [-0.2, -0.15) is 0 Å². The highest BCUT2D eigenvalue weighted by Crippen LogP contribution is 2.24. The zero-order valence-electron chi connectivity index (χ0n) is 11.3. The van der Waals surface area contributed by atoms with E-state index >= 15 is 0 Å². The molecule has 98 valence electrons. The van der Waals surface area contributed by atoms with Gasteiger partial charge in [0.15, 0.2) is 5.78 Å². The van der Waals surface area contributed by atoms with Gasteiger partial charge < -0.3 is 10.1 Å². The Hall–Kier alpha value is -1.35. The van der Waals surface area contributed by atoms with Crippen molar-refractivity contribution in [1.29, 1.82) is 0 Å². The molecule has 2 rings (SSSR count). The van der Waals surface area contributed by atoms with E-state index in [0.29, 0.717) is 11.3 Å². The van der Waals surface area contributed by atoms with Crippen LogP contribution in [0.25, 0.3) is 0 Å². The molecule has 3 nitrogen and oxygen atoms in total. The Morgan fingerprint density at radius 3 is 2.83 bits per heavy atom. The Bertz CT molecular complexity index is 434. The van der Waals surface area contributed by atoms with Crippen LogP contribution in [-0.4, -0.2) is 24.5 Å². The van der Waals surface area contributed by atoms with Gasteiger partial charge in [-0.05, 0) is 52.3 Å². The zero-order chi connectivity index (χ0) is 13.1. The molecule has 1 heterocycles. The maximum Gasteiger partial charge on any atom is 0.183 e. The Balaban J connectivity index is 2.28. The molecule has 0 spiro atoms. The maximum atomic E-state index is 12.5. The van der Waals surface area contributed by atoms with Crippen LogP contribution in [0.2, 0.25) is 0 Å². The van der Waals surface area contributed by atoms with E-state index in [4.69, 9.17) is 4.74 Å². The summed E-state index contributed by atoms with van der Waals surface area (Å²) in [5, 5.41) is 3.25. The molecule has 0 bridgehead atoms. The van der Waals surface area contributed by atoms with E-state index in [1.54, 1.807) is 0 Å². The van der Waals surface area contributed by atoms with Gasteiger partial charge in [0.05, 0.1) is 17.7 Å². The van der Waals surface area contributed by atoms with E-state index in [-0.39, 0.29) is 17.9 Å². The van der Waals surface area contributed by atoms with Crippen LogP contribution in [0.15, 0.2) is 18.2 Å². The van der Waals surface area contributed by atoms with Crippen molar-refractivity contribution in [3.05, 3.63) is 29.3 Å². The van der Waals surface area contributed by atoms with Gasteiger partial charge in [0.1, 0.15) is 5.75 Å². The zero-order valence-corrected chi connectivity index (χ0v) is 11.3. The second kappa shape index (κ2) is 5.53. The van der Waals surface area contributed by atoms with E-state index < -0.39 is 0 Å². The third-order valence-electron chi connectivity index (χ3n) is 3.14. The van der Waals surface area contributed by atoms with Gasteiger partial charge in [-0.25, -0.2) is 0 Å². The van der Waals surface area contributed by atoms with Crippen LogP contribution >= 0.6 is 0 Å². The highest BCUT2D eigenvalue weighted by atomic mass is 16.5. The van der Waals surface area contributed by atoms with Gasteiger partial charge in [0.25, 0.3) is 0 Å². The molecular weight excluding hydrogens is 226 g/mol. The Labute approximate surface area is 109 Å². The first kappa shape index (κ1) is 13.1. The van der Waals surface area contributed by atoms with Crippen molar-refractivity contribution in [2.24, 2.45) is 0 Å². The lowest BCUT2D eigenvalue weighted by Crippen LogP contribution is -2.31. The first-order valence-corrected chi connectivity index (χ1v) is 6.63. The molecule has 1 aliphatic rings. The Morgan fingerprint density at radius 2 is 2.22 bits per heavy atom. The number of carbonyl (C=O) groups excluding carboxylic acids is 1. The third kappa shape index (κ3) is 2.91. The highest BCUT2D eigenvalue weighted by molar-refractivity contribution is 6.02. The summed E-state index contributed by atoms with van der Waals surface area (Å²) in [6.07, 6.45) is 2.08. The van der Waals surface area contributed by atoms with E-state index in [0.717, 1.165) is 24.9 Å². The number of aryl methyl sites for hydroxylation is 1. The van der Waals surface area contributed by atoms with E-state index in [1.165, 1.54) is 0 Å². The molecule has 0 aliphatic carbocycles. The number of Topliss-reactive ketones (excluding diaryl/α,β-unsaturated/α-hetero) is 1. The Morgan fingerprint density at radius 1 is 1.44 bits per heavy atom. The predicted molar refractivity (Wildman–Crippen MR) is 72.3 cm³/mol. The van der Waals surface area contributed by atoms with Crippen LogP contribution in [0, 0.1) is 6.92 Å². The molecular formula is C15H21NO2. The smallest absolute Gasteiger partial charge is 0.183 e. The fourth-order valence-corrected chi connectivity index (χ4v) is 2.29. The first-order chi connectivity index (χ1) is 8.58. The Kier molecular flexibility index (Phi) is 4.02.